The average Bonchev–Trinajstić information content (AvgIpc) is 2.24. The number of nitrogens with two attached hydrogens (primary N) is 1. The molecule has 0 saturated carbocycles. The highest BCUT2D eigenvalue weighted by Crippen LogP contribution is 2.02. The van der Waals surface area contributed by atoms with Gasteiger partial charge in [0.1, 0.15) is 0 Å². The van der Waals surface area contributed by atoms with Crippen LogP contribution in [-0.4, -0.2) is 56.2 Å². The molecule has 0 aromatic heterocycles. The van der Waals surface area contributed by atoms with E-state index >= 15 is 0 Å². The number of nitrogens with zero attached hydrogens (tertiary/aromatic N) is 1. The molecule has 0 radical (unpaired) electrons. The van der Waals surface area contributed by atoms with Crippen LogP contribution in [0.4, 0.5) is 0 Å². The maximum atomic E-state index is 11.6. The fourth-order valence-corrected chi connectivity index (χ4v) is 1.63. The molecule has 0 aliphatic carbocycles. The first kappa shape index (κ1) is 13.4. The fraction of sp³-hybridized carbons (Fsp3) is 0.909. The molecule has 2 atom stereocenters. The first-order chi connectivity index (χ1) is 7.50. The predicted octanol–water partition coefficient (Wildman–Crippen LogP) is -0.583. The highest BCUT2D eigenvalue weighted by atomic mass is 16.5. The number of carbonyl (C=O) groups excluding carboxylic acids is 1. The second-order valence-electron chi connectivity index (χ2n) is 4.77. The Kier molecular flexibility index (Phi) is 5.18. The van der Waals surface area contributed by atoms with Gasteiger partial charge < -0.3 is 20.7 Å². The first-order valence-electron chi connectivity index (χ1n) is 5.84. The van der Waals surface area contributed by atoms with Crippen LogP contribution in [0.5, 0.6) is 0 Å². The third kappa shape index (κ3) is 4.08. The topological polar surface area (TPSA) is 67.6 Å². The maximum absolute atomic E-state index is 11.6. The zero-order chi connectivity index (χ0) is 12.1. The number of carbonyl (C=O) groups is 1. The van der Waals surface area contributed by atoms with Gasteiger partial charge in [-0.15, -0.1) is 0 Å². The lowest BCUT2D eigenvalue weighted by Crippen LogP contribution is -2.50. The smallest absolute Gasteiger partial charge is 0.237 e. The highest BCUT2D eigenvalue weighted by Gasteiger charge is 2.21. The Hall–Kier alpha value is -0.650. The van der Waals surface area contributed by atoms with Crippen molar-refractivity contribution in [2.24, 2.45) is 11.7 Å². The number of ether oxygens (including phenoxy) is 1. The zero-order valence-electron chi connectivity index (χ0n) is 10.4. The standard InChI is InChI=1S/C11H23N3O2/c1-8(2)10(12)11(15)13-6-9-7-14(3)4-5-16-9/h8-10H,4-7,12H2,1-3H3,(H,13,15)/t9?,10-/m0/s1. The molecule has 16 heavy (non-hydrogen) atoms. The monoisotopic (exact) mass is 229 g/mol. The number of hydrogen-bond donors (Lipinski definition) is 2. The lowest BCUT2D eigenvalue weighted by molar-refractivity contribution is -0.124. The van der Waals surface area contributed by atoms with E-state index in [-0.39, 0.29) is 17.9 Å². The molecule has 3 N–H and O–H groups in total. The van der Waals surface area contributed by atoms with Crippen LogP contribution in [0, 0.1) is 5.92 Å². The van der Waals surface area contributed by atoms with Gasteiger partial charge in [0.15, 0.2) is 0 Å². The van der Waals surface area contributed by atoms with Crippen molar-refractivity contribution < 1.29 is 9.53 Å². The highest BCUT2D eigenvalue weighted by molar-refractivity contribution is 5.81. The molecule has 5 heteroatoms. The van der Waals surface area contributed by atoms with Gasteiger partial charge >= 0.3 is 0 Å². The van der Waals surface area contributed by atoms with Crippen molar-refractivity contribution in [2.75, 3.05) is 33.3 Å². The van der Waals surface area contributed by atoms with E-state index in [1.54, 1.807) is 0 Å². The number of morpholine rings is 1. The number of amides is 1. The van der Waals surface area contributed by atoms with Gasteiger partial charge in [0.25, 0.3) is 0 Å². The molecule has 1 heterocycles. The Bertz CT molecular complexity index is 233. The SMILES string of the molecule is CC(C)[C@H](N)C(=O)NCC1CN(C)CCO1. The Labute approximate surface area is 97.3 Å². The molecule has 1 fully saturated rings. The summed E-state index contributed by atoms with van der Waals surface area (Å²) in [6, 6.07) is -0.429. The molecule has 1 saturated heterocycles. The second-order valence-corrected chi connectivity index (χ2v) is 4.77. The third-order valence-electron chi connectivity index (χ3n) is 2.87. The van der Waals surface area contributed by atoms with Gasteiger partial charge in [0, 0.05) is 19.6 Å². The van der Waals surface area contributed by atoms with E-state index in [4.69, 9.17) is 10.5 Å². The molecule has 1 unspecified atom stereocenters. The van der Waals surface area contributed by atoms with Crippen LogP contribution >= 0.6 is 0 Å². The van der Waals surface area contributed by atoms with Crippen molar-refractivity contribution in [1.29, 1.82) is 0 Å². The van der Waals surface area contributed by atoms with E-state index in [9.17, 15) is 4.79 Å². The fourth-order valence-electron chi connectivity index (χ4n) is 1.63. The lowest BCUT2D eigenvalue weighted by Gasteiger charge is -2.30. The van der Waals surface area contributed by atoms with Crippen molar-refractivity contribution in [3.63, 3.8) is 0 Å². The Morgan fingerprint density at radius 1 is 1.62 bits per heavy atom. The molecule has 0 spiro atoms. The van der Waals surface area contributed by atoms with E-state index in [0.717, 1.165) is 19.7 Å². The summed E-state index contributed by atoms with van der Waals surface area (Å²) >= 11 is 0. The zero-order valence-corrected chi connectivity index (χ0v) is 10.4. The second kappa shape index (κ2) is 6.18. The summed E-state index contributed by atoms with van der Waals surface area (Å²) in [5.41, 5.74) is 5.74. The van der Waals surface area contributed by atoms with Crippen LogP contribution in [0.15, 0.2) is 0 Å². The van der Waals surface area contributed by atoms with E-state index < -0.39 is 6.04 Å². The third-order valence-corrected chi connectivity index (χ3v) is 2.87. The van der Waals surface area contributed by atoms with E-state index in [0.29, 0.717) is 6.54 Å². The van der Waals surface area contributed by atoms with Gasteiger partial charge in [-0.25, -0.2) is 0 Å². The number of hydrogen-bond acceptors (Lipinski definition) is 4. The number of rotatable bonds is 4. The van der Waals surface area contributed by atoms with Gasteiger partial charge in [-0.3, -0.25) is 4.79 Å². The van der Waals surface area contributed by atoms with E-state index in [1.165, 1.54) is 0 Å². The van der Waals surface area contributed by atoms with Crippen LogP contribution in [0.1, 0.15) is 13.8 Å². The minimum absolute atomic E-state index is 0.0852. The molecule has 0 aromatic carbocycles. The molecule has 1 aliphatic rings. The van der Waals surface area contributed by atoms with Crippen LogP contribution in [-0.2, 0) is 9.53 Å². The van der Waals surface area contributed by atoms with Crippen molar-refractivity contribution in [1.82, 2.24) is 10.2 Å². The summed E-state index contributed by atoms with van der Waals surface area (Å²) < 4.78 is 5.54. The minimum Gasteiger partial charge on any atom is -0.374 e. The van der Waals surface area contributed by atoms with Gasteiger partial charge in [-0.1, -0.05) is 13.8 Å². The normalized spacial score (nSPS) is 24.4. The van der Waals surface area contributed by atoms with Gasteiger partial charge in [0.05, 0.1) is 18.8 Å². The van der Waals surface area contributed by atoms with Crippen LogP contribution in [0.2, 0.25) is 0 Å². The van der Waals surface area contributed by atoms with Crippen molar-refractivity contribution >= 4 is 5.91 Å². The summed E-state index contributed by atoms with van der Waals surface area (Å²) in [4.78, 5) is 13.8. The average molecular weight is 229 g/mol. The van der Waals surface area contributed by atoms with Crippen LogP contribution in [0.3, 0.4) is 0 Å². The first-order valence-corrected chi connectivity index (χ1v) is 5.84. The molecule has 0 bridgehead atoms. The van der Waals surface area contributed by atoms with Crippen molar-refractivity contribution in [3.05, 3.63) is 0 Å². The number of likely N-dealkylation sites (N-methyl/N-ethyl adjacent to an activating group) is 1. The molecule has 1 aliphatic heterocycles. The summed E-state index contributed by atoms with van der Waals surface area (Å²) in [6.45, 7) is 6.97. The lowest BCUT2D eigenvalue weighted by atomic mass is 10.1. The van der Waals surface area contributed by atoms with Gasteiger partial charge in [0.2, 0.25) is 5.91 Å². The molecule has 1 rings (SSSR count). The Morgan fingerprint density at radius 2 is 2.31 bits per heavy atom. The summed E-state index contributed by atoms with van der Waals surface area (Å²) in [5.74, 6) is 0.0711. The van der Waals surface area contributed by atoms with E-state index in [1.807, 2.05) is 13.8 Å². The van der Waals surface area contributed by atoms with E-state index in [2.05, 4.69) is 17.3 Å². The van der Waals surface area contributed by atoms with Crippen LogP contribution in [0.25, 0.3) is 0 Å². The summed E-state index contributed by atoms with van der Waals surface area (Å²) in [7, 11) is 2.05. The predicted molar refractivity (Wildman–Crippen MR) is 63.1 cm³/mol. The van der Waals surface area contributed by atoms with Crippen molar-refractivity contribution in [3.8, 4) is 0 Å². The largest absolute Gasteiger partial charge is 0.374 e. The quantitative estimate of drug-likeness (QED) is 0.676. The Morgan fingerprint density at radius 3 is 2.88 bits per heavy atom. The van der Waals surface area contributed by atoms with Gasteiger partial charge in [-0.05, 0) is 13.0 Å². The van der Waals surface area contributed by atoms with Crippen molar-refractivity contribution in [2.45, 2.75) is 26.0 Å². The van der Waals surface area contributed by atoms with Crippen LogP contribution < -0.4 is 11.1 Å². The molecule has 94 valence electrons. The molecule has 5 nitrogen and oxygen atoms in total. The molecule has 0 aromatic rings. The molecular weight excluding hydrogens is 206 g/mol. The molecular formula is C11H23N3O2. The summed E-state index contributed by atoms with van der Waals surface area (Å²) in [6.07, 6.45) is 0.0852. The Balaban J connectivity index is 2.25. The minimum atomic E-state index is -0.429. The molecule has 1 amide bonds. The van der Waals surface area contributed by atoms with Gasteiger partial charge in [-0.2, -0.15) is 0 Å². The summed E-state index contributed by atoms with van der Waals surface area (Å²) in [5, 5.41) is 2.84. The maximum Gasteiger partial charge on any atom is 0.237 e. The number of nitrogens with one attached hydrogen (secondary N) is 1.